The van der Waals surface area contributed by atoms with E-state index in [4.69, 9.17) is 21.1 Å². The molecular weight excluding hydrogens is 274 g/mol. The molecule has 0 amide bonds. The molecule has 1 aromatic carbocycles. The van der Waals surface area contributed by atoms with E-state index in [0.29, 0.717) is 16.5 Å². The van der Waals surface area contributed by atoms with Gasteiger partial charge in [-0.3, -0.25) is 0 Å². The maximum absolute atomic E-state index is 6.34. The number of nitrogens with one attached hydrogen (secondary N) is 1. The Labute approximate surface area is 127 Å². The molecule has 1 aromatic rings. The largest absolute Gasteiger partial charge is 0.495 e. The van der Waals surface area contributed by atoms with E-state index in [0.717, 1.165) is 18.5 Å². The fraction of sp³-hybridized carbons (Fsp3) is 0.625. The third kappa shape index (κ3) is 4.29. The molecule has 114 valence electrons. The number of ether oxygens (including phenoxy) is 2. The average Bonchev–Trinajstić information content (AvgIpc) is 2.46. The molecule has 0 fully saturated rings. The van der Waals surface area contributed by atoms with E-state index in [1.807, 2.05) is 12.1 Å². The Bertz CT molecular complexity index is 410. The lowest BCUT2D eigenvalue weighted by atomic mass is 9.99. The third-order valence-electron chi connectivity index (χ3n) is 3.44. The highest BCUT2D eigenvalue weighted by Crippen LogP contribution is 2.40. The zero-order chi connectivity index (χ0) is 15.0. The molecule has 0 spiro atoms. The number of hydrogen-bond donors (Lipinski definition) is 1. The number of benzene rings is 1. The highest BCUT2D eigenvalue weighted by molar-refractivity contribution is 6.33. The Balaban J connectivity index is 3.02. The second-order valence-corrected chi connectivity index (χ2v) is 5.19. The molecule has 4 heteroatoms. The Morgan fingerprint density at radius 1 is 1.15 bits per heavy atom. The molecule has 0 aliphatic rings. The third-order valence-corrected chi connectivity index (χ3v) is 3.80. The SMILES string of the molecule is CCCCCC(NCC)c1ccc(OC)c(Cl)c1OC. The molecule has 0 saturated heterocycles. The monoisotopic (exact) mass is 299 g/mol. The van der Waals surface area contributed by atoms with Crippen LogP contribution in [-0.4, -0.2) is 20.8 Å². The summed E-state index contributed by atoms with van der Waals surface area (Å²) in [6, 6.07) is 4.22. The van der Waals surface area contributed by atoms with Gasteiger partial charge in [-0.2, -0.15) is 0 Å². The molecule has 0 radical (unpaired) electrons. The van der Waals surface area contributed by atoms with Gasteiger partial charge in [-0.15, -0.1) is 0 Å². The molecular formula is C16H26ClNO2. The first kappa shape index (κ1) is 17.1. The molecule has 0 saturated carbocycles. The topological polar surface area (TPSA) is 30.5 Å². The van der Waals surface area contributed by atoms with Crippen LogP contribution in [0.25, 0.3) is 0 Å². The van der Waals surface area contributed by atoms with E-state index in [1.54, 1.807) is 14.2 Å². The fourth-order valence-electron chi connectivity index (χ4n) is 2.40. The minimum atomic E-state index is 0.268. The smallest absolute Gasteiger partial charge is 0.146 e. The summed E-state index contributed by atoms with van der Waals surface area (Å²) in [7, 11) is 3.27. The zero-order valence-corrected chi connectivity index (χ0v) is 13.7. The van der Waals surface area contributed by atoms with E-state index in [2.05, 4.69) is 19.2 Å². The number of hydrogen-bond acceptors (Lipinski definition) is 3. The molecule has 0 aliphatic carbocycles. The van der Waals surface area contributed by atoms with E-state index < -0.39 is 0 Å². The summed E-state index contributed by atoms with van der Waals surface area (Å²) in [5.74, 6) is 1.37. The first-order chi connectivity index (χ1) is 9.69. The van der Waals surface area contributed by atoms with E-state index in [9.17, 15) is 0 Å². The van der Waals surface area contributed by atoms with Crippen LogP contribution >= 0.6 is 11.6 Å². The standard InChI is InChI=1S/C16H26ClNO2/c1-5-7-8-9-13(18-6-2)12-10-11-14(19-3)15(17)16(12)20-4/h10-11,13,18H,5-9H2,1-4H3. The van der Waals surface area contributed by atoms with Crippen LogP contribution in [0, 0.1) is 0 Å². The van der Waals surface area contributed by atoms with Gasteiger partial charge in [0.1, 0.15) is 16.5 Å². The van der Waals surface area contributed by atoms with E-state index >= 15 is 0 Å². The van der Waals surface area contributed by atoms with Crippen molar-refractivity contribution in [2.45, 2.75) is 45.6 Å². The van der Waals surface area contributed by atoms with Crippen molar-refractivity contribution in [2.24, 2.45) is 0 Å². The summed E-state index contributed by atoms with van der Waals surface area (Å²) < 4.78 is 10.7. The normalized spacial score (nSPS) is 12.2. The van der Waals surface area contributed by atoms with Crippen molar-refractivity contribution in [2.75, 3.05) is 20.8 Å². The van der Waals surface area contributed by atoms with Gasteiger partial charge in [-0.25, -0.2) is 0 Å². The second kappa shape index (κ2) is 9.09. The lowest BCUT2D eigenvalue weighted by molar-refractivity contribution is 0.381. The molecule has 0 aromatic heterocycles. The van der Waals surface area contributed by atoms with Gasteiger partial charge < -0.3 is 14.8 Å². The Morgan fingerprint density at radius 3 is 2.45 bits per heavy atom. The van der Waals surface area contributed by atoms with Crippen LogP contribution in [0.15, 0.2) is 12.1 Å². The van der Waals surface area contributed by atoms with Crippen LogP contribution in [0.2, 0.25) is 5.02 Å². The van der Waals surface area contributed by atoms with Crippen LogP contribution < -0.4 is 14.8 Å². The molecule has 1 rings (SSSR count). The maximum atomic E-state index is 6.34. The van der Waals surface area contributed by atoms with Crippen LogP contribution in [0.5, 0.6) is 11.5 Å². The van der Waals surface area contributed by atoms with Crippen molar-refractivity contribution in [3.05, 3.63) is 22.7 Å². The fourth-order valence-corrected chi connectivity index (χ4v) is 2.73. The van der Waals surface area contributed by atoms with Crippen LogP contribution in [0.3, 0.4) is 0 Å². The highest BCUT2D eigenvalue weighted by atomic mass is 35.5. The second-order valence-electron chi connectivity index (χ2n) is 4.81. The van der Waals surface area contributed by atoms with Crippen LogP contribution in [0.4, 0.5) is 0 Å². The highest BCUT2D eigenvalue weighted by Gasteiger charge is 2.19. The molecule has 0 bridgehead atoms. The van der Waals surface area contributed by atoms with E-state index in [-0.39, 0.29) is 6.04 Å². The quantitative estimate of drug-likeness (QED) is 0.677. The number of unbranched alkanes of at least 4 members (excludes halogenated alkanes) is 2. The maximum Gasteiger partial charge on any atom is 0.146 e. The minimum Gasteiger partial charge on any atom is -0.495 e. The minimum absolute atomic E-state index is 0.268. The van der Waals surface area contributed by atoms with Crippen molar-refractivity contribution in [3.8, 4) is 11.5 Å². The van der Waals surface area contributed by atoms with Gasteiger partial charge >= 0.3 is 0 Å². The van der Waals surface area contributed by atoms with Crippen molar-refractivity contribution in [1.29, 1.82) is 0 Å². The molecule has 20 heavy (non-hydrogen) atoms. The summed E-state index contributed by atoms with van der Waals surface area (Å²) in [4.78, 5) is 0. The lowest BCUT2D eigenvalue weighted by Gasteiger charge is -2.22. The summed E-state index contributed by atoms with van der Waals surface area (Å²) in [6.45, 7) is 5.25. The first-order valence-corrected chi connectivity index (χ1v) is 7.71. The summed E-state index contributed by atoms with van der Waals surface area (Å²) in [6.07, 6.45) is 4.75. The van der Waals surface area contributed by atoms with Gasteiger partial charge in [0.15, 0.2) is 0 Å². The summed E-state index contributed by atoms with van der Waals surface area (Å²) in [5.41, 5.74) is 1.11. The predicted molar refractivity (Wildman–Crippen MR) is 85.1 cm³/mol. The Kier molecular flexibility index (Phi) is 7.78. The van der Waals surface area contributed by atoms with Gasteiger partial charge in [0, 0.05) is 11.6 Å². The molecule has 1 N–H and O–H groups in total. The summed E-state index contributed by atoms with van der Waals surface area (Å²) in [5, 5.41) is 4.06. The number of methoxy groups -OCH3 is 2. The zero-order valence-electron chi connectivity index (χ0n) is 13.0. The Morgan fingerprint density at radius 2 is 1.90 bits per heavy atom. The van der Waals surface area contributed by atoms with Gasteiger partial charge in [0.25, 0.3) is 0 Å². The molecule has 0 aliphatic heterocycles. The lowest BCUT2D eigenvalue weighted by Crippen LogP contribution is -2.21. The molecule has 1 unspecified atom stereocenters. The van der Waals surface area contributed by atoms with Gasteiger partial charge in [0.2, 0.25) is 0 Å². The van der Waals surface area contributed by atoms with Gasteiger partial charge in [-0.1, -0.05) is 44.7 Å². The number of rotatable bonds is 9. The van der Waals surface area contributed by atoms with Crippen molar-refractivity contribution >= 4 is 11.6 Å². The van der Waals surface area contributed by atoms with Gasteiger partial charge in [-0.05, 0) is 25.1 Å². The van der Waals surface area contributed by atoms with Gasteiger partial charge in [0.05, 0.1) is 14.2 Å². The van der Waals surface area contributed by atoms with Crippen molar-refractivity contribution < 1.29 is 9.47 Å². The molecule has 1 atom stereocenters. The first-order valence-electron chi connectivity index (χ1n) is 7.33. The van der Waals surface area contributed by atoms with Crippen LogP contribution in [-0.2, 0) is 0 Å². The van der Waals surface area contributed by atoms with Crippen molar-refractivity contribution in [1.82, 2.24) is 5.32 Å². The van der Waals surface area contributed by atoms with Crippen LogP contribution in [0.1, 0.15) is 51.1 Å². The predicted octanol–water partition coefficient (Wildman–Crippen LogP) is 4.59. The summed E-state index contributed by atoms with van der Waals surface area (Å²) >= 11 is 6.34. The number of halogens is 1. The van der Waals surface area contributed by atoms with E-state index in [1.165, 1.54) is 19.3 Å². The van der Waals surface area contributed by atoms with Crippen molar-refractivity contribution in [3.63, 3.8) is 0 Å². The molecule has 0 heterocycles. The average molecular weight is 300 g/mol. The molecule has 3 nitrogen and oxygen atoms in total. The Hall–Kier alpha value is -0.930.